The number of amides is 1. The lowest BCUT2D eigenvalue weighted by molar-refractivity contribution is -0.0757. The third kappa shape index (κ3) is 3.70. The number of carbonyl (C=O) groups excluding carboxylic acids is 1. The summed E-state index contributed by atoms with van der Waals surface area (Å²) < 4.78 is 0. The van der Waals surface area contributed by atoms with Gasteiger partial charge in [0.05, 0.1) is 18.5 Å². The Bertz CT molecular complexity index is 1000. The van der Waals surface area contributed by atoms with Gasteiger partial charge in [-0.15, -0.1) is 0 Å². The Morgan fingerprint density at radius 1 is 1.14 bits per heavy atom. The van der Waals surface area contributed by atoms with Gasteiger partial charge in [0.15, 0.2) is 0 Å². The molecule has 144 valence electrons. The Labute approximate surface area is 164 Å². The zero-order valence-electron chi connectivity index (χ0n) is 16.4. The van der Waals surface area contributed by atoms with E-state index < -0.39 is 0 Å². The minimum absolute atomic E-state index is 0.202. The maximum absolute atomic E-state index is 12.4. The largest absolute Gasteiger partial charge is 0.384 e. The molecular formula is C21H23N5O2. The van der Waals surface area contributed by atoms with Gasteiger partial charge in [-0.1, -0.05) is 13.0 Å². The van der Waals surface area contributed by atoms with Crippen molar-refractivity contribution in [2.75, 3.05) is 19.9 Å². The van der Waals surface area contributed by atoms with Crippen LogP contribution in [0.4, 0.5) is 5.82 Å². The molecule has 0 fully saturated rings. The number of carbonyl (C=O) groups is 1. The highest BCUT2D eigenvalue weighted by Gasteiger charge is 2.18. The molecule has 7 heteroatoms. The van der Waals surface area contributed by atoms with E-state index in [-0.39, 0.29) is 5.91 Å². The van der Waals surface area contributed by atoms with Crippen molar-refractivity contribution in [3.8, 4) is 22.4 Å². The number of aromatic nitrogens is 3. The smallest absolute Gasteiger partial charge is 0.277 e. The lowest BCUT2D eigenvalue weighted by Gasteiger charge is -2.17. The SMILES string of the molecule is CCc1ncnc(-c2ccc(C(=O)N(C)OC)c(C)c2)c1-c1ccc(N)nc1. The first-order chi connectivity index (χ1) is 13.5. The van der Waals surface area contributed by atoms with Gasteiger partial charge in [0, 0.05) is 35.5 Å². The van der Waals surface area contributed by atoms with Crippen molar-refractivity contribution in [3.63, 3.8) is 0 Å². The summed E-state index contributed by atoms with van der Waals surface area (Å²) in [6, 6.07) is 9.31. The molecule has 2 heterocycles. The highest BCUT2D eigenvalue weighted by Crippen LogP contribution is 2.33. The molecule has 0 aliphatic rings. The van der Waals surface area contributed by atoms with E-state index in [0.29, 0.717) is 11.4 Å². The van der Waals surface area contributed by atoms with Crippen LogP contribution in [-0.4, -0.2) is 40.1 Å². The van der Waals surface area contributed by atoms with Crippen LogP contribution in [0.2, 0.25) is 0 Å². The van der Waals surface area contributed by atoms with Crippen molar-refractivity contribution in [3.05, 3.63) is 59.7 Å². The van der Waals surface area contributed by atoms with Crippen molar-refractivity contribution in [1.82, 2.24) is 20.0 Å². The summed E-state index contributed by atoms with van der Waals surface area (Å²) in [5.74, 6) is 0.257. The summed E-state index contributed by atoms with van der Waals surface area (Å²) in [6.45, 7) is 3.94. The molecule has 2 N–H and O–H groups in total. The molecule has 0 bridgehead atoms. The Kier molecular flexibility index (Phi) is 5.65. The van der Waals surface area contributed by atoms with Gasteiger partial charge in [0.2, 0.25) is 0 Å². The molecule has 3 rings (SSSR count). The first kappa shape index (κ1) is 19.4. The lowest BCUT2D eigenvalue weighted by atomic mass is 9.95. The number of anilines is 1. The fourth-order valence-corrected chi connectivity index (χ4v) is 3.07. The van der Waals surface area contributed by atoms with Gasteiger partial charge in [-0.3, -0.25) is 9.63 Å². The van der Waals surface area contributed by atoms with E-state index in [0.717, 1.165) is 40.1 Å². The van der Waals surface area contributed by atoms with Crippen molar-refractivity contribution in [2.45, 2.75) is 20.3 Å². The van der Waals surface area contributed by atoms with Gasteiger partial charge in [-0.25, -0.2) is 20.0 Å². The predicted molar refractivity (Wildman–Crippen MR) is 108 cm³/mol. The lowest BCUT2D eigenvalue weighted by Crippen LogP contribution is -2.26. The molecule has 0 saturated heterocycles. The first-order valence-corrected chi connectivity index (χ1v) is 8.95. The van der Waals surface area contributed by atoms with Crippen LogP contribution in [0.15, 0.2) is 42.9 Å². The third-order valence-electron chi connectivity index (χ3n) is 4.63. The molecule has 3 aromatic rings. The minimum atomic E-state index is -0.202. The molecule has 0 spiro atoms. The normalized spacial score (nSPS) is 10.7. The summed E-state index contributed by atoms with van der Waals surface area (Å²) >= 11 is 0. The number of rotatable bonds is 5. The molecule has 1 aromatic carbocycles. The second kappa shape index (κ2) is 8.14. The average Bonchev–Trinajstić information content (AvgIpc) is 2.72. The van der Waals surface area contributed by atoms with Crippen LogP contribution >= 0.6 is 0 Å². The Balaban J connectivity index is 2.13. The van der Waals surface area contributed by atoms with E-state index in [1.807, 2.05) is 32.0 Å². The van der Waals surface area contributed by atoms with Gasteiger partial charge in [-0.05, 0) is 43.2 Å². The second-order valence-electron chi connectivity index (χ2n) is 6.38. The van der Waals surface area contributed by atoms with E-state index in [1.165, 1.54) is 12.2 Å². The van der Waals surface area contributed by atoms with Crippen molar-refractivity contribution in [1.29, 1.82) is 0 Å². The summed E-state index contributed by atoms with van der Waals surface area (Å²) in [5, 5.41) is 1.20. The van der Waals surface area contributed by atoms with Crippen LogP contribution in [0.5, 0.6) is 0 Å². The number of hydrogen-bond acceptors (Lipinski definition) is 6. The number of aryl methyl sites for hydroxylation is 2. The Morgan fingerprint density at radius 3 is 2.50 bits per heavy atom. The first-order valence-electron chi connectivity index (χ1n) is 8.95. The fourth-order valence-electron chi connectivity index (χ4n) is 3.07. The monoisotopic (exact) mass is 377 g/mol. The average molecular weight is 377 g/mol. The minimum Gasteiger partial charge on any atom is -0.384 e. The highest BCUT2D eigenvalue weighted by molar-refractivity contribution is 5.95. The molecule has 7 nitrogen and oxygen atoms in total. The van der Waals surface area contributed by atoms with E-state index in [4.69, 9.17) is 10.6 Å². The summed E-state index contributed by atoms with van der Waals surface area (Å²) in [7, 11) is 3.04. The molecule has 2 aromatic heterocycles. The van der Waals surface area contributed by atoms with Crippen molar-refractivity contribution >= 4 is 11.7 Å². The van der Waals surface area contributed by atoms with Crippen LogP contribution in [0.25, 0.3) is 22.4 Å². The zero-order chi connectivity index (χ0) is 20.3. The van der Waals surface area contributed by atoms with E-state index >= 15 is 0 Å². The summed E-state index contributed by atoms with van der Waals surface area (Å²) in [4.78, 5) is 30.6. The zero-order valence-corrected chi connectivity index (χ0v) is 16.4. The topological polar surface area (TPSA) is 94.2 Å². The number of nitrogens with two attached hydrogens (primary N) is 1. The number of hydroxylamine groups is 2. The van der Waals surface area contributed by atoms with Crippen LogP contribution in [0, 0.1) is 6.92 Å². The van der Waals surface area contributed by atoms with Crippen molar-refractivity contribution < 1.29 is 9.63 Å². The van der Waals surface area contributed by atoms with Crippen LogP contribution in [0.3, 0.4) is 0 Å². The summed E-state index contributed by atoms with van der Waals surface area (Å²) in [6.07, 6.45) is 4.05. The molecule has 0 saturated carbocycles. The molecule has 0 aliphatic carbocycles. The van der Waals surface area contributed by atoms with Crippen molar-refractivity contribution in [2.24, 2.45) is 0 Å². The Hall–Kier alpha value is -3.32. The van der Waals surface area contributed by atoms with Gasteiger partial charge in [0.25, 0.3) is 5.91 Å². The standard InChI is InChI=1S/C21H23N5O2/c1-5-17-19(15-7-9-18(22)23-11-15)20(25-12-24-17)14-6-8-16(13(2)10-14)21(27)26(3)28-4/h6-12H,5H2,1-4H3,(H2,22,23). The molecule has 0 aliphatic heterocycles. The maximum Gasteiger partial charge on any atom is 0.277 e. The van der Waals surface area contributed by atoms with Crippen LogP contribution in [-0.2, 0) is 11.3 Å². The van der Waals surface area contributed by atoms with Gasteiger partial charge in [0.1, 0.15) is 12.1 Å². The number of nitrogen functional groups attached to an aromatic ring is 1. The van der Waals surface area contributed by atoms with E-state index in [2.05, 4.69) is 15.0 Å². The van der Waals surface area contributed by atoms with Gasteiger partial charge < -0.3 is 5.73 Å². The maximum atomic E-state index is 12.4. The molecule has 0 atom stereocenters. The highest BCUT2D eigenvalue weighted by atomic mass is 16.7. The molecule has 28 heavy (non-hydrogen) atoms. The molecule has 0 radical (unpaired) electrons. The molecule has 0 unspecified atom stereocenters. The number of nitrogens with zero attached hydrogens (tertiary/aromatic N) is 4. The second-order valence-corrected chi connectivity index (χ2v) is 6.38. The van der Waals surface area contributed by atoms with Gasteiger partial charge in [-0.2, -0.15) is 0 Å². The summed E-state index contributed by atoms with van der Waals surface area (Å²) in [5.41, 5.74) is 11.6. The third-order valence-corrected chi connectivity index (χ3v) is 4.63. The molecular weight excluding hydrogens is 354 g/mol. The number of pyridine rings is 1. The van der Waals surface area contributed by atoms with Gasteiger partial charge >= 0.3 is 0 Å². The van der Waals surface area contributed by atoms with E-state index in [9.17, 15) is 4.79 Å². The number of benzene rings is 1. The quantitative estimate of drug-likeness (QED) is 0.686. The fraction of sp³-hybridized carbons (Fsp3) is 0.238. The van der Waals surface area contributed by atoms with E-state index in [1.54, 1.807) is 31.7 Å². The van der Waals surface area contributed by atoms with Crippen LogP contribution in [0.1, 0.15) is 28.5 Å². The Morgan fingerprint density at radius 2 is 1.89 bits per heavy atom. The van der Waals surface area contributed by atoms with Crippen LogP contribution < -0.4 is 5.73 Å². The molecule has 1 amide bonds. The predicted octanol–water partition coefficient (Wildman–Crippen LogP) is 3.29. The number of hydrogen-bond donors (Lipinski definition) is 1.